The average Bonchev–Trinajstić information content (AvgIpc) is 3.27. The van der Waals surface area contributed by atoms with Gasteiger partial charge in [-0.05, 0) is 6.92 Å². The molecule has 0 spiro atoms. The number of urea groups is 1. The highest BCUT2D eigenvalue weighted by Gasteiger charge is 2.29. The van der Waals surface area contributed by atoms with Crippen LogP contribution in [0.25, 0.3) is 0 Å². The minimum absolute atomic E-state index is 0.0330. The quantitative estimate of drug-likeness (QED) is 0.224. The van der Waals surface area contributed by atoms with Crippen LogP contribution in [0.1, 0.15) is 49.1 Å². The van der Waals surface area contributed by atoms with E-state index in [0.717, 1.165) is 0 Å². The summed E-state index contributed by atoms with van der Waals surface area (Å²) < 4.78 is 9.69. The van der Waals surface area contributed by atoms with E-state index in [1.54, 1.807) is 0 Å². The first kappa shape index (κ1) is 21.0. The molecule has 0 aliphatic carbocycles. The molecule has 2 heterocycles. The summed E-state index contributed by atoms with van der Waals surface area (Å²) in [5.41, 5.74) is 10.7. The number of hydrogen-bond acceptors (Lipinski definition) is 11. The van der Waals surface area contributed by atoms with Gasteiger partial charge in [0.1, 0.15) is 12.1 Å². The van der Waals surface area contributed by atoms with Gasteiger partial charge >= 0.3 is 11.8 Å². The van der Waals surface area contributed by atoms with Crippen molar-refractivity contribution in [3.8, 4) is 0 Å². The number of nitrogens with one attached hydrogen (secondary N) is 3. The Labute approximate surface area is 156 Å². The van der Waals surface area contributed by atoms with Gasteiger partial charge in [0.15, 0.2) is 5.82 Å². The van der Waals surface area contributed by atoms with Gasteiger partial charge in [0.2, 0.25) is 17.7 Å². The molecule has 0 saturated heterocycles. The smallest absolute Gasteiger partial charge is 0.394 e. The summed E-state index contributed by atoms with van der Waals surface area (Å²) in [6.45, 7) is 0.888. The number of carbonyl (C=O) groups is 2. The molecule has 154 valence electrons. The third kappa shape index (κ3) is 5.35. The maximum atomic E-state index is 12.3. The van der Waals surface area contributed by atoms with Crippen LogP contribution in [0, 0.1) is 0 Å². The number of aliphatic hydroxyl groups excluding tert-OH is 2. The number of primary amides is 1. The molecule has 0 aliphatic heterocycles. The second kappa shape index (κ2) is 9.07. The normalized spacial score (nSPS) is 15.4. The molecule has 28 heavy (non-hydrogen) atoms. The molecule has 4 atom stereocenters. The van der Waals surface area contributed by atoms with Crippen molar-refractivity contribution in [2.75, 3.05) is 6.61 Å². The van der Waals surface area contributed by atoms with Crippen molar-refractivity contribution in [1.29, 1.82) is 0 Å². The third-order valence-electron chi connectivity index (χ3n) is 3.48. The van der Waals surface area contributed by atoms with Crippen molar-refractivity contribution in [1.82, 2.24) is 31.0 Å². The maximum Gasteiger partial charge on any atom is 0.434 e. The van der Waals surface area contributed by atoms with E-state index in [1.165, 1.54) is 6.92 Å². The lowest BCUT2D eigenvalue weighted by atomic mass is 10.1. The lowest BCUT2D eigenvalue weighted by molar-refractivity contribution is -0.118. The Morgan fingerprint density at radius 1 is 1.32 bits per heavy atom. The van der Waals surface area contributed by atoms with Crippen LogP contribution < -0.4 is 27.9 Å². The first-order valence-corrected chi connectivity index (χ1v) is 8.00. The van der Waals surface area contributed by atoms with Crippen LogP contribution in [0.2, 0.25) is 0 Å². The highest BCUT2D eigenvalue weighted by molar-refractivity contribution is 5.78. The van der Waals surface area contributed by atoms with Crippen molar-refractivity contribution in [2.24, 2.45) is 11.5 Å². The molecule has 0 aromatic carbocycles. The fourth-order valence-corrected chi connectivity index (χ4v) is 2.13. The van der Waals surface area contributed by atoms with Gasteiger partial charge in [0.25, 0.3) is 0 Å². The Kier molecular flexibility index (Phi) is 6.80. The van der Waals surface area contributed by atoms with Gasteiger partial charge in [0.05, 0.1) is 25.2 Å². The summed E-state index contributed by atoms with van der Waals surface area (Å²) in [7, 11) is 0. The first-order valence-electron chi connectivity index (χ1n) is 8.00. The molecule has 2 aromatic rings. The maximum absolute atomic E-state index is 12.3. The van der Waals surface area contributed by atoms with Gasteiger partial charge in [-0.15, -0.1) is 5.10 Å². The van der Waals surface area contributed by atoms with Crippen LogP contribution in [0.5, 0.6) is 0 Å². The number of aromatic amines is 1. The number of hydrogen-bond donors (Lipinski definition) is 7. The number of aliphatic hydroxyl groups is 2. The summed E-state index contributed by atoms with van der Waals surface area (Å²) in [4.78, 5) is 38.6. The number of H-pyrrole nitrogens is 1. The predicted molar refractivity (Wildman–Crippen MR) is 88.1 cm³/mol. The van der Waals surface area contributed by atoms with E-state index < -0.39 is 48.5 Å². The molecule has 0 bridgehead atoms. The standard InChI is InChI=1S/C13H20N8O7/c1-4(23)8(11-19-20-13(26)27-11)17-12(25)16-6(2-7(15)24)10-18-9(21-28-10)5(14)3-22/h4-6,8,22-23H,2-3,14H2,1H3,(H2,15,24)(H,20,26)(H2,16,17,25)/t4?,5-,6-,8?/m0/s1. The largest absolute Gasteiger partial charge is 0.434 e. The van der Waals surface area contributed by atoms with E-state index in [9.17, 15) is 19.5 Å². The van der Waals surface area contributed by atoms with Crippen molar-refractivity contribution in [3.63, 3.8) is 0 Å². The lowest BCUT2D eigenvalue weighted by Gasteiger charge is -2.20. The Hall–Kier alpha value is -3.30. The average molecular weight is 400 g/mol. The number of aromatic nitrogens is 4. The Bertz CT molecular complexity index is 859. The molecule has 0 aliphatic rings. The predicted octanol–water partition coefficient (Wildman–Crippen LogP) is -2.92. The lowest BCUT2D eigenvalue weighted by Crippen LogP contribution is -2.44. The highest BCUT2D eigenvalue weighted by Crippen LogP contribution is 2.18. The topological polar surface area (TPSA) is 249 Å². The summed E-state index contributed by atoms with van der Waals surface area (Å²) in [6.07, 6.45) is -1.57. The molecule has 0 saturated carbocycles. The molecule has 15 nitrogen and oxygen atoms in total. The zero-order chi connectivity index (χ0) is 20.8. The minimum Gasteiger partial charge on any atom is -0.394 e. The van der Waals surface area contributed by atoms with Gasteiger partial charge in [-0.25, -0.2) is 14.7 Å². The Balaban J connectivity index is 2.14. The Morgan fingerprint density at radius 2 is 2.04 bits per heavy atom. The summed E-state index contributed by atoms with van der Waals surface area (Å²) in [5.74, 6) is -2.10. The summed E-state index contributed by atoms with van der Waals surface area (Å²) in [6, 6.07) is -4.09. The van der Waals surface area contributed by atoms with Gasteiger partial charge in [0, 0.05) is 0 Å². The van der Waals surface area contributed by atoms with Crippen LogP contribution in [-0.2, 0) is 4.79 Å². The number of nitrogens with two attached hydrogens (primary N) is 2. The van der Waals surface area contributed by atoms with Gasteiger partial charge < -0.3 is 41.3 Å². The van der Waals surface area contributed by atoms with E-state index in [0.29, 0.717) is 0 Å². The van der Waals surface area contributed by atoms with Crippen molar-refractivity contribution >= 4 is 11.9 Å². The zero-order valence-electron chi connectivity index (χ0n) is 14.7. The van der Waals surface area contributed by atoms with Crippen LogP contribution >= 0.6 is 0 Å². The molecule has 0 fully saturated rings. The fraction of sp³-hybridized carbons (Fsp3) is 0.538. The first-order chi connectivity index (χ1) is 13.2. The van der Waals surface area contributed by atoms with E-state index >= 15 is 0 Å². The molecule has 2 aromatic heterocycles. The number of amides is 3. The molecule has 15 heteroatoms. The Morgan fingerprint density at radius 3 is 2.57 bits per heavy atom. The van der Waals surface area contributed by atoms with Crippen molar-refractivity contribution in [3.05, 3.63) is 28.2 Å². The molecule has 9 N–H and O–H groups in total. The van der Waals surface area contributed by atoms with Crippen LogP contribution in [-0.4, -0.2) is 55.2 Å². The summed E-state index contributed by atoms with van der Waals surface area (Å²) in [5, 5.41) is 32.7. The second-order valence-electron chi connectivity index (χ2n) is 5.79. The van der Waals surface area contributed by atoms with E-state index in [-0.39, 0.29) is 24.0 Å². The molecular weight excluding hydrogens is 380 g/mol. The van der Waals surface area contributed by atoms with Crippen LogP contribution in [0.3, 0.4) is 0 Å². The van der Waals surface area contributed by atoms with Gasteiger partial charge in [-0.2, -0.15) is 4.98 Å². The van der Waals surface area contributed by atoms with Crippen molar-refractivity contribution in [2.45, 2.75) is 37.6 Å². The molecule has 2 unspecified atom stereocenters. The molecule has 2 rings (SSSR count). The van der Waals surface area contributed by atoms with E-state index in [1.807, 2.05) is 5.10 Å². The van der Waals surface area contributed by atoms with Crippen molar-refractivity contribution < 1.29 is 28.7 Å². The van der Waals surface area contributed by atoms with E-state index in [4.69, 9.17) is 25.5 Å². The van der Waals surface area contributed by atoms with E-state index in [2.05, 4.69) is 25.9 Å². The molecule has 3 amide bonds. The van der Waals surface area contributed by atoms with Gasteiger partial charge in [-0.1, -0.05) is 5.16 Å². The summed E-state index contributed by atoms with van der Waals surface area (Å²) >= 11 is 0. The minimum atomic E-state index is -1.18. The third-order valence-corrected chi connectivity index (χ3v) is 3.48. The molecular formula is C13H20N8O7. The highest BCUT2D eigenvalue weighted by atomic mass is 16.5. The molecule has 0 radical (unpaired) electrons. The number of nitrogens with zero attached hydrogens (tertiary/aromatic N) is 3. The number of rotatable bonds is 9. The number of carbonyl (C=O) groups excluding carboxylic acids is 2. The SMILES string of the molecule is CC(O)C(NC(=O)N[C@@H](CC(N)=O)c1nc([C@@H](N)CO)no1)c1n[nH]c(=O)o1. The van der Waals surface area contributed by atoms with Crippen LogP contribution in [0.15, 0.2) is 13.7 Å². The van der Waals surface area contributed by atoms with Crippen LogP contribution in [0.4, 0.5) is 4.79 Å². The zero-order valence-corrected chi connectivity index (χ0v) is 14.7. The fourth-order valence-electron chi connectivity index (χ4n) is 2.13. The monoisotopic (exact) mass is 400 g/mol. The van der Waals surface area contributed by atoms with Gasteiger partial charge in [-0.3, -0.25) is 4.79 Å². The second-order valence-corrected chi connectivity index (χ2v) is 5.79.